The highest BCUT2D eigenvalue weighted by Crippen LogP contribution is 2.25. The minimum atomic E-state index is 0.351. The van der Waals surface area contributed by atoms with Crippen molar-refractivity contribution in [3.05, 3.63) is 24.9 Å². The van der Waals surface area contributed by atoms with Crippen molar-refractivity contribution in [1.29, 1.82) is 0 Å². The zero-order valence-corrected chi connectivity index (χ0v) is 10.4. The lowest BCUT2D eigenvalue weighted by molar-refractivity contribution is 0.604. The molecule has 1 N–H and O–H groups in total. The molecule has 17 heavy (non-hydrogen) atoms. The summed E-state index contributed by atoms with van der Waals surface area (Å²) in [6.07, 6.45) is 7.04. The van der Waals surface area contributed by atoms with Gasteiger partial charge in [-0.1, -0.05) is 0 Å². The molecule has 90 valence electrons. The van der Waals surface area contributed by atoms with Crippen molar-refractivity contribution < 1.29 is 0 Å². The fourth-order valence-electron chi connectivity index (χ4n) is 1.72. The number of nitrogens with zero attached hydrogens (tertiary/aromatic N) is 4. The zero-order valence-electron chi connectivity index (χ0n) is 10.4. The summed E-state index contributed by atoms with van der Waals surface area (Å²) in [6, 6.07) is 0.351. The van der Waals surface area contributed by atoms with Crippen molar-refractivity contribution in [2.24, 2.45) is 0 Å². The number of aromatic nitrogens is 4. The first-order valence-electron chi connectivity index (χ1n) is 5.81. The van der Waals surface area contributed by atoms with Gasteiger partial charge in [0.25, 0.3) is 0 Å². The Labute approximate surface area is 101 Å². The van der Waals surface area contributed by atoms with Gasteiger partial charge in [0.1, 0.15) is 5.69 Å². The quantitative estimate of drug-likeness (QED) is 0.877. The molecule has 5 heteroatoms. The third kappa shape index (κ3) is 2.27. The van der Waals surface area contributed by atoms with E-state index in [4.69, 9.17) is 0 Å². The van der Waals surface area contributed by atoms with Gasteiger partial charge in [-0.05, 0) is 20.8 Å². The zero-order chi connectivity index (χ0) is 12.3. The van der Waals surface area contributed by atoms with Gasteiger partial charge in [0.15, 0.2) is 5.82 Å². The van der Waals surface area contributed by atoms with Gasteiger partial charge in [-0.2, -0.15) is 0 Å². The van der Waals surface area contributed by atoms with Crippen molar-refractivity contribution >= 4 is 5.82 Å². The molecule has 5 nitrogen and oxygen atoms in total. The van der Waals surface area contributed by atoms with Crippen LogP contribution in [0.2, 0.25) is 0 Å². The second-order valence-electron chi connectivity index (χ2n) is 4.06. The van der Waals surface area contributed by atoms with Gasteiger partial charge < -0.3 is 9.88 Å². The highest BCUT2D eigenvalue weighted by atomic mass is 15.1. The molecular weight excluding hydrogens is 214 g/mol. The maximum Gasteiger partial charge on any atom is 0.154 e. The van der Waals surface area contributed by atoms with Crippen molar-refractivity contribution in [1.82, 2.24) is 19.5 Å². The first-order chi connectivity index (χ1) is 8.24. The molecule has 0 spiro atoms. The monoisotopic (exact) mass is 231 g/mol. The molecule has 0 saturated carbocycles. The molecular formula is C12H17N5. The van der Waals surface area contributed by atoms with E-state index in [0.29, 0.717) is 6.04 Å². The summed E-state index contributed by atoms with van der Waals surface area (Å²) in [6.45, 7) is 7.10. The molecule has 0 fully saturated rings. The molecule has 2 aromatic rings. The number of anilines is 1. The molecule has 0 unspecified atom stereocenters. The number of hydrogen-bond acceptors (Lipinski definition) is 4. The lowest BCUT2D eigenvalue weighted by atomic mass is 10.2. The van der Waals surface area contributed by atoms with E-state index in [1.165, 1.54) is 0 Å². The summed E-state index contributed by atoms with van der Waals surface area (Å²) < 4.78 is 2.09. The molecule has 2 rings (SSSR count). The Kier molecular flexibility index (Phi) is 3.37. The maximum absolute atomic E-state index is 4.40. The average Bonchev–Trinajstić information content (AvgIpc) is 2.79. The topological polar surface area (TPSA) is 55.6 Å². The largest absolute Gasteiger partial charge is 0.368 e. The van der Waals surface area contributed by atoms with Crippen molar-refractivity contribution in [2.45, 2.75) is 26.8 Å². The van der Waals surface area contributed by atoms with Crippen LogP contribution in [0.4, 0.5) is 5.82 Å². The number of imidazole rings is 1. The number of nitrogens with one attached hydrogen (secondary N) is 1. The molecule has 0 amide bonds. The van der Waals surface area contributed by atoms with Gasteiger partial charge in [-0.25, -0.2) is 15.0 Å². The molecule has 0 radical (unpaired) electrons. The summed E-state index contributed by atoms with van der Waals surface area (Å²) >= 11 is 0. The van der Waals surface area contributed by atoms with Gasteiger partial charge in [-0.3, -0.25) is 0 Å². The maximum atomic E-state index is 4.40. The molecule has 2 aromatic heterocycles. The van der Waals surface area contributed by atoms with E-state index in [1.54, 1.807) is 12.4 Å². The van der Waals surface area contributed by atoms with Crippen LogP contribution in [0.5, 0.6) is 0 Å². The summed E-state index contributed by atoms with van der Waals surface area (Å²) in [7, 11) is 0. The van der Waals surface area contributed by atoms with E-state index in [2.05, 4.69) is 38.7 Å². The fraction of sp³-hybridized carbons (Fsp3) is 0.417. The van der Waals surface area contributed by atoms with Gasteiger partial charge in [0.05, 0.1) is 18.2 Å². The molecule has 0 aromatic carbocycles. The predicted molar refractivity (Wildman–Crippen MR) is 67.8 cm³/mol. The summed E-state index contributed by atoms with van der Waals surface area (Å²) in [4.78, 5) is 12.9. The summed E-state index contributed by atoms with van der Waals surface area (Å²) in [5.41, 5.74) is 1.84. The third-order valence-electron chi connectivity index (χ3n) is 2.51. The lowest BCUT2D eigenvalue weighted by Crippen LogP contribution is -2.06. The Morgan fingerprint density at radius 1 is 1.29 bits per heavy atom. The van der Waals surface area contributed by atoms with E-state index in [9.17, 15) is 0 Å². The SMILES string of the molecule is CCNc1nccnc1-c1cncn1C(C)C. The van der Waals surface area contributed by atoms with Gasteiger partial charge in [0, 0.05) is 25.0 Å². The molecule has 0 atom stereocenters. The predicted octanol–water partition coefficient (Wildman–Crippen LogP) is 2.35. The Morgan fingerprint density at radius 3 is 2.76 bits per heavy atom. The van der Waals surface area contributed by atoms with Crippen LogP contribution < -0.4 is 5.32 Å². The highest BCUT2D eigenvalue weighted by Gasteiger charge is 2.13. The Morgan fingerprint density at radius 2 is 2.06 bits per heavy atom. The van der Waals surface area contributed by atoms with Crippen LogP contribution in [0, 0.1) is 0 Å². The lowest BCUT2D eigenvalue weighted by Gasteiger charge is -2.13. The Bertz CT molecular complexity index is 489. The standard InChI is InChI=1S/C12H17N5/c1-4-14-12-11(15-5-6-16-12)10-7-13-8-17(10)9(2)3/h5-9H,4H2,1-3H3,(H,14,16). The van der Waals surface area contributed by atoms with E-state index in [0.717, 1.165) is 23.8 Å². The normalized spacial score (nSPS) is 10.8. The Hall–Kier alpha value is -1.91. The number of rotatable bonds is 4. The van der Waals surface area contributed by atoms with Gasteiger partial charge >= 0.3 is 0 Å². The van der Waals surface area contributed by atoms with Crippen LogP contribution in [-0.2, 0) is 0 Å². The first kappa shape index (κ1) is 11.6. The summed E-state index contributed by atoms with van der Waals surface area (Å²) in [5, 5.41) is 3.22. The van der Waals surface area contributed by atoms with E-state index < -0.39 is 0 Å². The fourth-order valence-corrected chi connectivity index (χ4v) is 1.72. The van der Waals surface area contributed by atoms with Crippen LogP contribution in [0.3, 0.4) is 0 Å². The minimum absolute atomic E-state index is 0.351. The molecule has 0 aliphatic heterocycles. The van der Waals surface area contributed by atoms with Gasteiger partial charge in [0.2, 0.25) is 0 Å². The highest BCUT2D eigenvalue weighted by molar-refractivity contribution is 5.68. The molecule has 2 heterocycles. The molecule has 0 saturated heterocycles. The summed E-state index contributed by atoms with van der Waals surface area (Å²) in [5.74, 6) is 0.803. The molecule has 0 aliphatic carbocycles. The molecule has 0 bridgehead atoms. The van der Waals surface area contributed by atoms with Crippen LogP contribution >= 0.6 is 0 Å². The second kappa shape index (κ2) is 4.95. The van der Waals surface area contributed by atoms with E-state index in [1.807, 2.05) is 19.4 Å². The second-order valence-corrected chi connectivity index (χ2v) is 4.06. The molecule has 0 aliphatic rings. The van der Waals surface area contributed by atoms with Gasteiger partial charge in [-0.15, -0.1) is 0 Å². The van der Waals surface area contributed by atoms with Crippen molar-refractivity contribution in [3.63, 3.8) is 0 Å². The van der Waals surface area contributed by atoms with Crippen LogP contribution in [-0.4, -0.2) is 26.1 Å². The van der Waals surface area contributed by atoms with Crippen LogP contribution in [0.1, 0.15) is 26.8 Å². The van der Waals surface area contributed by atoms with E-state index in [-0.39, 0.29) is 0 Å². The first-order valence-corrected chi connectivity index (χ1v) is 5.81. The minimum Gasteiger partial charge on any atom is -0.368 e. The average molecular weight is 231 g/mol. The van der Waals surface area contributed by atoms with Crippen LogP contribution in [0.25, 0.3) is 11.4 Å². The van der Waals surface area contributed by atoms with Crippen molar-refractivity contribution in [2.75, 3.05) is 11.9 Å². The third-order valence-corrected chi connectivity index (χ3v) is 2.51. The van der Waals surface area contributed by atoms with Crippen molar-refractivity contribution in [3.8, 4) is 11.4 Å². The van der Waals surface area contributed by atoms with E-state index >= 15 is 0 Å². The smallest absolute Gasteiger partial charge is 0.154 e. The van der Waals surface area contributed by atoms with Crippen LogP contribution in [0.15, 0.2) is 24.9 Å². The number of hydrogen-bond donors (Lipinski definition) is 1. The Balaban J connectivity index is 2.48.